The van der Waals surface area contributed by atoms with Gasteiger partial charge in [-0.1, -0.05) is 41.3 Å². The number of benzene rings is 1. The number of hydroxylamine groups is 1. The Morgan fingerprint density at radius 1 is 1.33 bits per heavy atom. The lowest BCUT2D eigenvalue weighted by Crippen LogP contribution is -2.40. The first-order valence-electron chi connectivity index (χ1n) is 5.99. The van der Waals surface area contributed by atoms with Crippen molar-refractivity contribution in [2.75, 3.05) is 6.61 Å². The summed E-state index contributed by atoms with van der Waals surface area (Å²) in [6.45, 7) is 2.32. The van der Waals surface area contributed by atoms with Gasteiger partial charge in [-0.2, -0.15) is 0 Å². The van der Waals surface area contributed by atoms with Gasteiger partial charge in [0, 0.05) is 11.2 Å². The second-order valence-corrected chi connectivity index (χ2v) is 3.98. The van der Waals surface area contributed by atoms with E-state index in [4.69, 9.17) is 4.74 Å². The molecule has 1 aromatic rings. The number of hydrogen-bond donors (Lipinski definition) is 0. The average molecular weight is 244 g/mol. The van der Waals surface area contributed by atoms with E-state index >= 15 is 0 Å². The van der Waals surface area contributed by atoms with Gasteiger partial charge in [-0.05, 0) is 19.1 Å². The summed E-state index contributed by atoms with van der Waals surface area (Å²) in [5.41, 5.74) is -0.395. The number of hydrogen-bond acceptors (Lipinski definition) is 3. The smallest absolute Gasteiger partial charge is 0.326 e. The lowest BCUT2D eigenvalue weighted by Gasteiger charge is -2.26. The van der Waals surface area contributed by atoms with Gasteiger partial charge >= 0.3 is 5.72 Å². The molecule has 1 atom stereocenters. The van der Waals surface area contributed by atoms with Gasteiger partial charge in [-0.25, -0.2) is 0 Å². The molecule has 0 spiro atoms. The van der Waals surface area contributed by atoms with Gasteiger partial charge in [0.1, 0.15) is 5.69 Å². The Hall–Kier alpha value is -1.94. The fourth-order valence-corrected chi connectivity index (χ4v) is 1.83. The van der Waals surface area contributed by atoms with Gasteiger partial charge < -0.3 is 9.94 Å². The molecule has 1 unspecified atom stereocenters. The fraction of sp³-hybridized carbons (Fsp3) is 0.286. The number of rotatable bonds is 4. The minimum absolute atomic E-state index is 0.460. The van der Waals surface area contributed by atoms with Crippen LogP contribution in [0.4, 0.5) is 5.69 Å². The van der Waals surface area contributed by atoms with Gasteiger partial charge in [0.2, 0.25) is 0 Å². The predicted octanol–water partition coefficient (Wildman–Crippen LogP) is 3.53. The van der Waals surface area contributed by atoms with Gasteiger partial charge in [-0.3, -0.25) is 0 Å². The molecular formula is C14H16N2O2. The Morgan fingerprint density at radius 3 is 2.72 bits per heavy atom. The number of allylic oxidation sites excluding steroid dienone is 2. The third-order valence-corrected chi connectivity index (χ3v) is 2.69. The molecule has 4 heteroatoms. The summed E-state index contributed by atoms with van der Waals surface area (Å²) in [6.07, 6.45) is 7.85. The molecule has 1 aliphatic rings. The van der Waals surface area contributed by atoms with Crippen LogP contribution < -0.4 is 0 Å². The SMILES string of the molecule is CCOC1([N+]([O-])=Nc2ccccc2)C=CC=CC1. The number of azo groups is 1. The van der Waals surface area contributed by atoms with Crippen LogP contribution in [0.5, 0.6) is 0 Å². The molecule has 0 amide bonds. The van der Waals surface area contributed by atoms with Crippen molar-refractivity contribution >= 4 is 5.69 Å². The van der Waals surface area contributed by atoms with Crippen molar-refractivity contribution in [2.24, 2.45) is 5.11 Å². The summed E-state index contributed by atoms with van der Waals surface area (Å²) < 4.78 is 5.59. The molecule has 2 rings (SSSR count). The van der Waals surface area contributed by atoms with Crippen molar-refractivity contribution in [2.45, 2.75) is 19.1 Å². The Morgan fingerprint density at radius 2 is 2.11 bits per heavy atom. The average Bonchev–Trinajstić information content (AvgIpc) is 2.41. The largest absolute Gasteiger partial charge is 0.597 e. The molecule has 4 nitrogen and oxygen atoms in total. The summed E-state index contributed by atoms with van der Waals surface area (Å²) in [4.78, 5) is 0.645. The summed E-state index contributed by atoms with van der Waals surface area (Å²) in [5.74, 6) is 0. The van der Waals surface area contributed by atoms with E-state index < -0.39 is 5.72 Å². The highest BCUT2D eigenvalue weighted by atomic mass is 16.6. The van der Waals surface area contributed by atoms with E-state index in [9.17, 15) is 5.21 Å². The number of nitrogens with zero attached hydrogens (tertiary/aromatic N) is 2. The first-order valence-corrected chi connectivity index (χ1v) is 5.99. The van der Waals surface area contributed by atoms with Crippen LogP contribution in [0.2, 0.25) is 0 Å². The van der Waals surface area contributed by atoms with Gasteiger partial charge in [0.15, 0.2) is 0 Å². The zero-order valence-electron chi connectivity index (χ0n) is 10.3. The topological polar surface area (TPSA) is 47.7 Å². The lowest BCUT2D eigenvalue weighted by atomic mass is 10.1. The quantitative estimate of drug-likeness (QED) is 0.352. The van der Waals surface area contributed by atoms with E-state index in [0.717, 1.165) is 0 Å². The Balaban J connectivity index is 2.29. The second-order valence-electron chi connectivity index (χ2n) is 3.98. The standard InChI is InChI=1S/C14H16N2O2/c1-2-18-14(11-7-4-8-12-14)16(17)15-13-9-5-3-6-10-13/h3-11H,2,12H2,1H3. The third-order valence-electron chi connectivity index (χ3n) is 2.69. The monoisotopic (exact) mass is 244 g/mol. The maximum Gasteiger partial charge on any atom is 0.326 e. The van der Waals surface area contributed by atoms with Crippen LogP contribution in [0, 0.1) is 5.21 Å². The number of ether oxygens (including phenoxy) is 1. The van der Waals surface area contributed by atoms with E-state index in [1.54, 1.807) is 18.2 Å². The molecule has 0 saturated heterocycles. The first kappa shape index (κ1) is 12.5. The molecule has 0 radical (unpaired) electrons. The van der Waals surface area contributed by atoms with E-state index in [-0.39, 0.29) is 0 Å². The van der Waals surface area contributed by atoms with Crippen molar-refractivity contribution in [1.29, 1.82) is 0 Å². The van der Waals surface area contributed by atoms with E-state index in [2.05, 4.69) is 5.11 Å². The lowest BCUT2D eigenvalue weighted by molar-refractivity contribution is -0.646. The van der Waals surface area contributed by atoms with E-state index in [1.165, 1.54) is 0 Å². The molecule has 18 heavy (non-hydrogen) atoms. The molecule has 1 aliphatic carbocycles. The van der Waals surface area contributed by atoms with Crippen LogP contribution in [-0.4, -0.2) is 17.2 Å². The van der Waals surface area contributed by atoms with E-state index in [1.807, 2.05) is 43.4 Å². The minimum atomic E-state index is -1.01. The van der Waals surface area contributed by atoms with Gasteiger partial charge in [-0.15, -0.1) is 0 Å². The van der Waals surface area contributed by atoms with Crippen molar-refractivity contribution in [3.05, 3.63) is 59.8 Å². The van der Waals surface area contributed by atoms with Crippen LogP contribution in [-0.2, 0) is 4.74 Å². The van der Waals surface area contributed by atoms with Crippen molar-refractivity contribution in [3.8, 4) is 0 Å². The highest BCUT2D eigenvalue weighted by molar-refractivity contribution is 5.34. The maximum atomic E-state index is 12.2. The molecule has 94 valence electrons. The second kappa shape index (κ2) is 5.60. The summed E-state index contributed by atoms with van der Waals surface area (Å²) >= 11 is 0. The third kappa shape index (κ3) is 2.65. The first-order chi connectivity index (χ1) is 8.77. The molecule has 0 fully saturated rings. The molecule has 0 bridgehead atoms. The van der Waals surface area contributed by atoms with Gasteiger partial charge in [0.05, 0.1) is 13.0 Å². The summed E-state index contributed by atoms with van der Waals surface area (Å²) in [7, 11) is 0. The van der Waals surface area contributed by atoms with Crippen molar-refractivity contribution in [1.82, 2.24) is 0 Å². The normalized spacial score (nSPS) is 23.3. The molecule has 0 saturated carbocycles. The van der Waals surface area contributed by atoms with Crippen LogP contribution in [0.15, 0.2) is 59.8 Å². The highest BCUT2D eigenvalue weighted by Gasteiger charge is 2.38. The zero-order valence-corrected chi connectivity index (χ0v) is 10.3. The Labute approximate surface area is 106 Å². The van der Waals surface area contributed by atoms with Crippen molar-refractivity contribution < 1.29 is 9.60 Å². The zero-order chi connectivity index (χ0) is 12.8. The molecule has 0 heterocycles. The molecule has 1 aromatic carbocycles. The van der Waals surface area contributed by atoms with Crippen LogP contribution in [0.25, 0.3) is 0 Å². The maximum absolute atomic E-state index is 12.2. The summed E-state index contributed by atoms with van der Waals surface area (Å²) in [5, 5.41) is 16.3. The molecule has 0 aliphatic heterocycles. The minimum Gasteiger partial charge on any atom is -0.597 e. The molecule has 0 N–H and O–H groups in total. The molecular weight excluding hydrogens is 228 g/mol. The van der Waals surface area contributed by atoms with Crippen LogP contribution in [0.3, 0.4) is 0 Å². The summed E-state index contributed by atoms with van der Waals surface area (Å²) in [6, 6.07) is 9.14. The fourth-order valence-electron chi connectivity index (χ4n) is 1.83. The van der Waals surface area contributed by atoms with Crippen LogP contribution in [0.1, 0.15) is 13.3 Å². The Bertz CT molecular complexity index is 480. The van der Waals surface area contributed by atoms with E-state index in [0.29, 0.717) is 23.6 Å². The van der Waals surface area contributed by atoms with Crippen molar-refractivity contribution in [3.63, 3.8) is 0 Å². The Kier molecular flexibility index (Phi) is 3.89. The predicted molar refractivity (Wildman–Crippen MR) is 69.4 cm³/mol. The molecule has 0 aromatic heterocycles. The highest BCUT2D eigenvalue weighted by Crippen LogP contribution is 2.25. The van der Waals surface area contributed by atoms with Crippen LogP contribution >= 0.6 is 0 Å². The van der Waals surface area contributed by atoms with Gasteiger partial charge in [0.25, 0.3) is 0 Å².